The Balaban J connectivity index is 2.26. The van der Waals surface area contributed by atoms with E-state index in [1.165, 1.54) is 11.9 Å². The highest BCUT2D eigenvalue weighted by Gasteiger charge is 1.87. The van der Waals surface area contributed by atoms with E-state index in [4.69, 9.17) is 0 Å². The Morgan fingerprint density at radius 3 is 3.00 bits per heavy atom. The molecule has 0 saturated heterocycles. The molecule has 0 unspecified atom stereocenters. The maximum Gasteiger partial charge on any atom is 0.0755 e. The molecule has 1 heterocycles. The van der Waals surface area contributed by atoms with Crippen LogP contribution in [0.5, 0.6) is 0 Å². The minimum absolute atomic E-state index is 0.970. The first-order valence-electron chi connectivity index (χ1n) is 1.79. The van der Waals surface area contributed by atoms with Crippen LogP contribution in [-0.2, 0) is 0 Å². The molecular weight excluding hydrogens is 94.1 g/mol. The van der Waals surface area contributed by atoms with Crippen molar-refractivity contribution in [2.24, 2.45) is 0 Å². The zero-order chi connectivity index (χ0) is 4.24. The van der Waals surface area contributed by atoms with Crippen molar-refractivity contribution >= 4 is 11.9 Å². The summed E-state index contributed by atoms with van der Waals surface area (Å²) < 4.78 is 2.91. The minimum atomic E-state index is 0.970. The summed E-state index contributed by atoms with van der Waals surface area (Å²) >= 11 is 1.51. The molecule has 1 aliphatic heterocycles. The maximum atomic E-state index is 3.00. The molecule has 0 spiro atoms. The molecule has 1 rings (SSSR count). The van der Waals surface area contributed by atoms with Gasteiger partial charge in [0.15, 0.2) is 0 Å². The highest BCUT2D eigenvalue weighted by molar-refractivity contribution is 7.99. The van der Waals surface area contributed by atoms with Crippen molar-refractivity contribution < 1.29 is 0 Å². The monoisotopic (exact) mass is 99.0 g/mol. The number of hydrogen-bond donors (Lipinski definition) is 1. The number of hydrogen-bond acceptors (Lipinski definition) is 2. The van der Waals surface area contributed by atoms with E-state index in [0.717, 1.165) is 6.42 Å². The van der Waals surface area contributed by atoms with Crippen LogP contribution in [0, 0.1) is 5.75 Å². The number of allylic oxidation sites excluding steroid dienone is 1. The van der Waals surface area contributed by atoms with Crippen molar-refractivity contribution in [3.63, 3.8) is 0 Å². The summed E-state index contributed by atoms with van der Waals surface area (Å²) in [5.74, 6) is 3.00. The van der Waals surface area contributed by atoms with E-state index in [0.29, 0.717) is 0 Å². The van der Waals surface area contributed by atoms with Crippen molar-refractivity contribution in [2.75, 3.05) is 0 Å². The van der Waals surface area contributed by atoms with Gasteiger partial charge in [0, 0.05) is 6.20 Å². The molecule has 2 heteroatoms. The zero-order valence-corrected chi connectivity index (χ0v) is 4.09. The van der Waals surface area contributed by atoms with Gasteiger partial charge < -0.3 is 4.72 Å². The Bertz CT molecular complexity index is 52.6. The first kappa shape index (κ1) is 4.06. The highest BCUT2D eigenvalue weighted by Crippen LogP contribution is 2.07. The van der Waals surface area contributed by atoms with Gasteiger partial charge in [-0.3, -0.25) is 0 Å². The van der Waals surface area contributed by atoms with E-state index in [1.54, 1.807) is 0 Å². The summed E-state index contributed by atoms with van der Waals surface area (Å²) in [5, 5.41) is 0. The molecule has 0 amide bonds. The van der Waals surface area contributed by atoms with Gasteiger partial charge in [0.2, 0.25) is 0 Å². The molecule has 1 aliphatic rings. The SMILES string of the molecule is [C]1CC=CNS1. The Morgan fingerprint density at radius 1 is 1.83 bits per heavy atom. The lowest BCUT2D eigenvalue weighted by Crippen LogP contribution is -1.93. The highest BCUT2D eigenvalue weighted by atomic mass is 32.2. The topological polar surface area (TPSA) is 12.0 Å². The van der Waals surface area contributed by atoms with Crippen LogP contribution in [0.3, 0.4) is 0 Å². The average molecular weight is 99.2 g/mol. The van der Waals surface area contributed by atoms with E-state index < -0.39 is 0 Å². The van der Waals surface area contributed by atoms with Gasteiger partial charge in [0.25, 0.3) is 0 Å². The van der Waals surface area contributed by atoms with Crippen LogP contribution in [0.15, 0.2) is 12.3 Å². The fourth-order valence-corrected chi connectivity index (χ4v) is 0.700. The molecule has 0 saturated carbocycles. The van der Waals surface area contributed by atoms with Gasteiger partial charge in [-0.05, 0) is 18.4 Å². The maximum absolute atomic E-state index is 3.00. The molecule has 32 valence electrons. The van der Waals surface area contributed by atoms with Crippen LogP contribution in [0.25, 0.3) is 0 Å². The number of rotatable bonds is 0. The van der Waals surface area contributed by atoms with E-state index in [1.807, 2.05) is 12.3 Å². The average Bonchev–Trinajstić information content (AvgIpc) is 1.72. The lowest BCUT2D eigenvalue weighted by atomic mass is 10.5. The summed E-state index contributed by atoms with van der Waals surface area (Å²) in [7, 11) is 0. The van der Waals surface area contributed by atoms with Crippen molar-refractivity contribution in [3.8, 4) is 0 Å². The lowest BCUT2D eigenvalue weighted by molar-refractivity contribution is 1.25. The van der Waals surface area contributed by atoms with Gasteiger partial charge in [-0.15, -0.1) is 0 Å². The third-order valence-electron chi connectivity index (χ3n) is 0.518. The molecule has 0 aliphatic carbocycles. The van der Waals surface area contributed by atoms with Crippen LogP contribution >= 0.6 is 11.9 Å². The van der Waals surface area contributed by atoms with Crippen LogP contribution in [-0.4, -0.2) is 0 Å². The van der Waals surface area contributed by atoms with Gasteiger partial charge in [-0.1, -0.05) is 6.08 Å². The first-order valence-corrected chi connectivity index (χ1v) is 2.61. The third-order valence-corrected chi connectivity index (χ3v) is 1.08. The fraction of sp³-hybridized carbons (Fsp3) is 0.250. The molecule has 0 atom stereocenters. The van der Waals surface area contributed by atoms with E-state index >= 15 is 0 Å². The van der Waals surface area contributed by atoms with Crippen LogP contribution < -0.4 is 4.72 Å². The van der Waals surface area contributed by atoms with Gasteiger partial charge in [0.1, 0.15) is 0 Å². The van der Waals surface area contributed by atoms with Gasteiger partial charge >= 0.3 is 0 Å². The zero-order valence-electron chi connectivity index (χ0n) is 3.27. The molecular formula is C4H5NS. The molecule has 0 fully saturated rings. The minimum Gasteiger partial charge on any atom is -0.336 e. The van der Waals surface area contributed by atoms with E-state index in [2.05, 4.69) is 10.5 Å². The predicted molar refractivity (Wildman–Crippen MR) is 27.7 cm³/mol. The molecule has 0 bridgehead atoms. The smallest absolute Gasteiger partial charge is 0.0755 e. The van der Waals surface area contributed by atoms with Gasteiger partial charge in [-0.25, -0.2) is 0 Å². The van der Waals surface area contributed by atoms with Gasteiger partial charge in [-0.2, -0.15) is 0 Å². The summed E-state index contributed by atoms with van der Waals surface area (Å²) in [6, 6.07) is 0. The standard InChI is InChI=1S/C4H5NS/c1-2-4-6-5-3-1/h1,3,5H,2H2. The van der Waals surface area contributed by atoms with Crippen molar-refractivity contribution in [1.82, 2.24) is 4.72 Å². The molecule has 1 nitrogen and oxygen atoms in total. The second-order valence-electron chi connectivity index (χ2n) is 0.971. The molecule has 0 aromatic rings. The quantitative estimate of drug-likeness (QED) is 0.458. The normalized spacial score (nSPS) is 20.0. The van der Waals surface area contributed by atoms with Crippen LogP contribution in [0.1, 0.15) is 6.42 Å². The van der Waals surface area contributed by atoms with Crippen molar-refractivity contribution in [1.29, 1.82) is 0 Å². The second kappa shape index (κ2) is 2.13. The summed E-state index contributed by atoms with van der Waals surface area (Å²) in [6.07, 6.45) is 4.91. The van der Waals surface area contributed by atoms with Crippen molar-refractivity contribution in [3.05, 3.63) is 18.0 Å². The Labute approximate surface area is 41.9 Å². The Morgan fingerprint density at radius 2 is 2.83 bits per heavy atom. The van der Waals surface area contributed by atoms with Crippen molar-refractivity contribution in [2.45, 2.75) is 6.42 Å². The summed E-state index contributed by atoms with van der Waals surface area (Å²) in [5.41, 5.74) is 0. The lowest BCUT2D eigenvalue weighted by Gasteiger charge is -1.99. The largest absolute Gasteiger partial charge is 0.336 e. The molecule has 1 N–H and O–H groups in total. The fourth-order valence-electron chi connectivity index (χ4n) is 0.273. The molecule has 6 heavy (non-hydrogen) atoms. The summed E-state index contributed by atoms with van der Waals surface area (Å²) in [4.78, 5) is 0. The van der Waals surface area contributed by atoms with E-state index in [9.17, 15) is 0 Å². The molecule has 0 aromatic carbocycles. The van der Waals surface area contributed by atoms with Gasteiger partial charge in [0.05, 0.1) is 5.75 Å². The van der Waals surface area contributed by atoms with E-state index in [-0.39, 0.29) is 0 Å². The third kappa shape index (κ3) is 0.937. The van der Waals surface area contributed by atoms with Crippen LogP contribution in [0.2, 0.25) is 0 Å². The Hall–Kier alpha value is -0.110. The predicted octanol–water partition coefficient (Wildman–Crippen LogP) is 1.18. The molecule has 0 aromatic heterocycles. The Kier molecular flexibility index (Phi) is 1.44. The van der Waals surface area contributed by atoms with Crippen LogP contribution in [0.4, 0.5) is 0 Å². The first-order chi connectivity index (χ1) is 3.00. The second-order valence-corrected chi connectivity index (χ2v) is 1.70. The number of nitrogens with one attached hydrogen (secondary N) is 1. The molecule has 2 radical (unpaired) electrons. The summed E-state index contributed by atoms with van der Waals surface area (Å²) in [6.45, 7) is 0.